The molecular weight excluding hydrogens is 410 g/mol. The third kappa shape index (κ3) is 3.77. The van der Waals surface area contributed by atoms with Crippen molar-refractivity contribution in [2.75, 3.05) is 31.3 Å². The Morgan fingerprint density at radius 2 is 1.96 bits per heavy atom. The summed E-state index contributed by atoms with van der Waals surface area (Å²) in [5, 5.41) is 8.43. The molecule has 0 radical (unpaired) electrons. The number of benzene rings is 1. The lowest BCUT2D eigenvalue weighted by atomic mass is 9.87. The number of nitrogens with one attached hydrogen (secondary N) is 3. The molecule has 4 rings (SSSR count). The molecule has 0 aliphatic carbocycles. The van der Waals surface area contributed by atoms with Gasteiger partial charge in [-0.25, -0.2) is 5.43 Å². The Morgan fingerprint density at radius 3 is 2.63 bits per heavy atom. The van der Waals surface area contributed by atoms with Crippen molar-refractivity contribution in [3.8, 4) is 0 Å². The van der Waals surface area contributed by atoms with Crippen molar-refractivity contribution < 1.29 is 9.53 Å². The van der Waals surface area contributed by atoms with Gasteiger partial charge >= 0.3 is 0 Å². The minimum atomic E-state index is -0.221. The van der Waals surface area contributed by atoms with Crippen molar-refractivity contribution in [3.05, 3.63) is 40.0 Å². The number of hydrazine groups is 1. The van der Waals surface area contributed by atoms with E-state index in [4.69, 9.17) is 4.74 Å². The fraction of sp³-hybridized carbons (Fsp3) is 0.526. The van der Waals surface area contributed by atoms with E-state index < -0.39 is 0 Å². The minimum absolute atomic E-state index is 0.0484. The fourth-order valence-electron chi connectivity index (χ4n) is 3.52. The molecule has 0 bridgehead atoms. The lowest BCUT2D eigenvalue weighted by Crippen LogP contribution is -2.68. The van der Waals surface area contributed by atoms with Crippen LogP contribution >= 0.6 is 15.9 Å². The summed E-state index contributed by atoms with van der Waals surface area (Å²) in [7, 11) is 0. The van der Waals surface area contributed by atoms with Gasteiger partial charge in [-0.1, -0.05) is 26.8 Å². The molecule has 0 aromatic heterocycles. The van der Waals surface area contributed by atoms with E-state index in [2.05, 4.69) is 75.9 Å². The number of halogens is 1. The van der Waals surface area contributed by atoms with Crippen LogP contribution in [0.4, 0.5) is 5.69 Å². The molecule has 3 aliphatic rings. The SMILES string of the molecule is CC(C)(C)c1ccc(N2C=C3C(=O)NC(N4CCOCC4)NC3N2)c(Br)c1. The lowest BCUT2D eigenvalue weighted by molar-refractivity contribution is -0.123. The Labute approximate surface area is 168 Å². The maximum Gasteiger partial charge on any atom is 0.254 e. The van der Waals surface area contributed by atoms with Gasteiger partial charge in [0.25, 0.3) is 5.91 Å². The van der Waals surface area contributed by atoms with Crippen LogP contribution in [0.2, 0.25) is 0 Å². The molecule has 8 heteroatoms. The molecule has 2 saturated heterocycles. The number of ether oxygens (including phenoxy) is 1. The van der Waals surface area contributed by atoms with Crippen LogP contribution in [0.1, 0.15) is 26.3 Å². The average Bonchev–Trinajstić information content (AvgIpc) is 3.06. The smallest absolute Gasteiger partial charge is 0.254 e. The largest absolute Gasteiger partial charge is 0.379 e. The van der Waals surface area contributed by atoms with Crippen LogP contribution in [0.3, 0.4) is 0 Å². The quantitative estimate of drug-likeness (QED) is 0.655. The van der Waals surface area contributed by atoms with Crippen molar-refractivity contribution in [3.63, 3.8) is 0 Å². The Bertz CT molecular complexity index is 770. The summed E-state index contributed by atoms with van der Waals surface area (Å²) in [6.45, 7) is 9.56. The van der Waals surface area contributed by atoms with Gasteiger partial charge in [0.05, 0.1) is 24.5 Å². The number of hydrogen-bond donors (Lipinski definition) is 3. The highest BCUT2D eigenvalue weighted by molar-refractivity contribution is 9.10. The normalized spacial score (nSPS) is 26.6. The van der Waals surface area contributed by atoms with Crippen LogP contribution in [-0.4, -0.2) is 49.6 Å². The molecule has 1 aromatic carbocycles. The molecule has 2 fully saturated rings. The third-order valence-corrected chi connectivity index (χ3v) is 5.82. The van der Waals surface area contributed by atoms with Crippen molar-refractivity contribution in [1.29, 1.82) is 0 Å². The van der Waals surface area contributed by atoms with Gasteiger partial charge in [0.2, 0.25) is 0 Å². The van der Waals surface area contributed by atoms with Crippen LogP contribution in [0.5, 0.6) is 0 Å². The number of amides is 1. The van der Waals surface area contributed by atoms with Gasteiger partial charge in [-0.2, -0.15) is 0 Å². The van der Waals surface area contributed by atoms with E-state index in [9.17, 15) is 4.79 Å². The Morgan fingerprint density at radius 1 is 1.22 bits per heavy atom. The monoisotopic (exact) mass is 435 g/mol. The zero-order chi connectivity index (χ0) is 19.2. The summed E-state index contributed by atoms with van der Waals surface area (Å²) in [6.07, 6.45) is 1.45. The summed E-state index contributed by atoms with van der Waals surface area (Å²) in [5.74, 6) is -0.0484. The van der Waals surface area contributed by atoms with Gasteiger partial charge in [0, 0.05) is 23.8 Å². The summed E-state index contributed by atoms with van der Waals surface area (Å²) in [4.78, 5) is 14.8. The van der Waals surface area contributed by atoms with Crippen LogP contribution in [0.15, 0.2) is 34.4 Å². The molecule has 2 atom stereocenters. The van der Waals surface area contributed by atoms with Gasteiger partial charge in [0.1, 0.15) is 12.5 Å². The molecule has 0 spiro atoms. The first kappa shape index (κ1) is 18.9. The Balaban J connectivity index is 1.52. The maximum atomic E-state index is 12.6. The summed E-state index contributed by atoms with van der Waals surface area (Å²) in [6, 6.07) is 6.34. The van der Waals surface area contributed by atoms with Crippen molar-refractivity contribution in [2.24, 2.45) is 0 Å². The maximum absolute atomic E-state index is 12.6. The third-order valence-electron chi connectivity index (χ3n) is 5.19. The zero-order valence-electron chi connectivity index (χ0n) is 15.9. The average molecular weight is 436 g/mol. The molecule has 3 aliphatic heterocycles. The number of nitrogens with zero attached hydrogens (tertiary/aromatic N) is 2. The van der Waals surface area contributed by atoms with Crippen LogP contribution in [-0.2, 0) is 14.9 Å². The standard InChI is InChI=1S/C19H26BrN5O2/c1-19(2,3)12-4-5-15(14(20)10-12)25-11-13-16(23-25)21-18(22-17(13)26)24-6-8-27-9-7-24/h4-5,10-11,16,18,21,23H,6-9H2,1-3H3,(H,22,26). The molecule has 1 aromatic rings. The second-order valence-corrected chi connectivity index (χ2v) is 8.98. The number of carbonyl (C=O) groups is 1. The zero-order valence-corrected chi connectivity index (χ0v) is 17.5. The van der Waals surface area contributed by atoms with E-state index in [1.165, 1.54) is 5.56 Å². The van der Waals surface area contributed by atoms with Crippen molar-refractivity contribution >= 4 is 27.5 Å². The van der Waals surface area contributed by atoms with E-state index in [-0.39, 0.29) is 23.8 Å². The van der Waals surface area contributed by atoms with Crippen molar-refractivity contribution in [2.45, 2.75) is 38.6 Å². The molecule has 3 heterocycles. The number of carbonyl (C=O) groups excluding carboxylic acids is 1. The molecule has 27 heavy (non-hydrogen) atoms. The van der Waals surface area contributed by atoms with E-state index in [1.54, 1.807) is 0 Å². The molecule has 146 valence electrons. The molecule has 2 unspecified atom stereocenters. The molecule has 1 amide bonds. The van der Waals surface area contributed by atoms with Gasteiger partial charge in [-0.3, -0.25) is 20.0 Å². The van der Waals surface area contributed by atoms with E-state index in [0.29, 0.717) is 18.8 Å². The van der Waals surface area contributed by atoms with Crippen molar-refractivity contribution in [1.82, 2.24) is 21.0 Å². The van der Waals surface area contributed by atoms with Gasteiger partial charge in [-0.15, -0.1) is 0 Å². The van der Waals surface area contributed by atoms with Crippen LogP contribution < -0.4 is 21.1 Å². The highest BCUT2D eigenvalue weighted by atomic mass is 79.9. The number of fused-ring (bicyclic) bond motifs is 1. The van der Waals surface area contributed by atoms with E-state index in [0.717, 1.165) is 23.2 Å². The van der Waals surface area contributed by atoms with Crippen LogP contribution in [0, 0.1) is 0 Å². The Hall–Kier alpha value is -1.45. The van der Waals surface area contributed by atoms with Crippen LogP contribution in [0.25, 0.3) is 0 Å². The van der Waals surface area contributed by atoms with E-state index in [1.807, 2.05) is 11.2 Å². The highest BCUT2D eigenvalue weighted by Crippen LogP contribution is 2.33. The van der Waals surface area contributed by atoms with Gasteiger partial charge < -0.3 is 10.1 Å². The predicted octanol–water partition coefficient (Wildman–Crippen LogP) is 1.62. The summed E-state index contributed by atoms with van der Waals surface area (Å²) >= 11 is 3.68. The molecule has 3 N–H and O–H groups in total. The lowest BCUT2D eigenvalue weighted by Gasteiger charge is -2.40. The second-order valence-electron chi connectivity index (χ2n) is 8.12. The van der Waals surface area contributed by atoms with Gasteiger partial charge in [0.15, 0.2) is 0 Å². The number of rotatable bonds is 2. The topological polar surface area (TPSA) is 68.9 Å². The number of hydrogen-bond acceptors (Lipinski definition) is 6. The Kier molecular flexibility index (Phi) is 5.02. The van der Waals surface area contributed by atoms with Gasteiger partial charge in [-0.05, 0) is 39.0 Å². The minimum Gasteiger partial charge on any atom is -0.379 e. The summed E-state index contributed by atoms with van der Waals surface area (Å²) < 4.78 is 6.39. The molecule has 7 nitrogen and oxygen atoms in total. The highest BCUT2D eigenvalue weighted by Gasteiger charge is 2.38. The molecule has 0 saturated carbocycles. The molecular formula is C19H26BrN5O2. The predicted molar refractivity (Wildman–Crippen MR) is 108 cm³/mol. The second kappa shape index (κ2) is 7.18. The number of anilines is 1. The fourth-order valence-corrected chi connectivity index (χ4v) is 4.09. The first-order valence-corrected chi connectivity index (χ1v) is 10.1. The first-order valence-electron chi connectivity index (χ1n) is 9.29. The first-order chi connectivity index (χ1) is 12.8. The summed E-state index contributed by atoms with van der Waals surface area (Å²) in [5.41, 5.74) is 6.39. The van der Waals surface area contributed by atoms with E-state index >= 15 is 0 Å². The number of morpholine rings is 1.